The van der Waals surface area contributed by atoms with E-state index in [0.717, 1.165) is 13.0 Å². The van der Waals surface area contributed by atoms with Crippen LogP contribution in [0.15, 0.2) is 24.3 Å². The molecule has 0 aromatic heterocycles. The van der Waals surface area contributed by atoms with Crippen LogP contribution in [0.4, 0.5) is 4.39 Å². The van der Waals surface area contributed by atoms with Crippen molar-refractivity contribution in [3.63, 3.8) is 0 Å². The molecule has 0 radical (unpaired) electrons. The molecule has 0 bridgehead atoms. The first kappa shape index (κ1) is 9.98. The molecule has 1 aromatic rings. The van der Waals surface area contributed by atoms with E-state index in [1.54, 1.807) is 0 Å². The van der Waals surface area contributed by atoms with Crippen molar-refractivity contribution in [3.05, 3.63) is 29.8 Å². The highest BCUT2D eigenvalue weighted by Gasteiger charge is 2.29. The summed E-state index contributed by atoms with van der Waals surface area (Å²) in [5.41, 5.74) is -0.0661. The first-order valence-corrected chi connectivity index (χ1v) is 4.75. The Labute approximate surface area is 76.8 Å². The topological polar surface area (TPSA) is 54.4 Å². The van der Waals surface area contributed by atoms with Gasteiger partial charge < -0.3 is 5.11 Å². The molecule has 0 fully saturated rings. The zero-order valence-corrected chi connectivity index (χ0v) is 7.79. The van der Waals surface area contributed by atoms with Gasteiger partial charge in [0.2, 0.25) is 5.00 Å². The number of phenols is 1. The zero-order valence-electron chi connectivity index (χ0n) is 6.90. The lowest BCUT2D eigenvalue weighted by molar-refractivity contribution is 0.305. The van der Waals surface area contributed by atoms with E-state index in [9.17, 15) is 12.8 Å². The van der Waals surface area contributed by atoms with Crippen molar-refractivity contribution in [2.75, 3.05) is 0 Å². The van der Waals surface area contributed by atoms with E-state index in [2.05, 4.69) is 0 Å². The second-order valence-electron chi connectivity index (χ2n) is 2.76. The van der Waals surface area contributed by atoms with Crippen LogP contribution < -0.4 is 0 Å². The molecule has 0 aliphatic carbocycles. The molecule has 1 aromatic carbocycles. The Bertz CT molecular complexity index is 377. The van der Waals surface area contributed by atoms with Gasteiger partial charge in [-0.2, -0.15) is 0 Å². The van der Waals surface area contributed by atoms with Crippen molar-refractivity contribution < 1.29 is 17.9 Å². The fraction of sp³-hybridized carbons (Fsp3) is 0.250. The van der Waals surface area contributed by atoms with Gasteiger partial charge in [0.1, 0.15) is 5.75 Å². The Balaban J connectivity index is 3.22. The number of hydrogen-bond acceptors (Lipinski definition) is 3. The van der Waals surface area contributed by atoms with E-state index in [-0.39, 0.29) is 11.3 Å². The van der Waals surface area contributed by atoms with E-state index in [1.807, 2.05) is 0 Å². The highest BCUT2D eigenvalue weighted by molar-refractivity contribution is 7.73. The van der Waals surface area contributed by atoms with E-state index in [0.29, 0.717) is 0 Å². The molecule has 13 heavy (non-hydrogen) atoms. The number of halogens is 1. The quantitative estimate of drug-likeness (QED) is 0.710. The molecule has 3 nitrogen and oxygen atoms in total. The fourth-order valence-corrected chi connectivity index (χ4v) is 1.25. The molecule has 72 valence electrons. The molecule has 5 heteroatoms. The summed E-state index contributed by atoms with van der Waals surface area (Å²) in [6.07, 6.45) is 0. The molecule has 1 atom stereocenters. The molecule has 0 saturated carbocycles. The number of alkyl halides is 1. The number of thiol groups is 1. The van der Waals surface area contributed by atoms with Crippen molar-refractivity contribution in [2.24, 2.45) is 0 Å². The molecular weight excluding hydrogens is 195 g/mol. The highest BCUT2D eigenvalue weighted by Crippen LogP contribution is 2.28. The van der Waals surface area contributed by atoms with Gasteiger partial charge >= 0.3 is 0 Å². The summed E-state index contributed by atoms with van der Waals surface area (Å²) in [5, 5.41) is 6.57. The van der Waals surface area contributed by atoms with Crippen LogP contribution in [0.5, 0.6) is 5.75 Å². The summed E-state index contributed by atoms with van der Waals surface area (Å²) >= 11 is 0. The lowest BCUT2D eigenvalue weighted by atomic mass is 10.1. The maximum atomic E-state index is 13.4. The summed E-state index contributed by atoms with van der Waals surface area (Å²) in [5.74, 6) is -0.154. The van der Waals surface area contributed by atoms with Gasteiger partial charge in [0.25, 0.3) is 0 Å². The van der Waals surface area contributed by atoms with E-state index in [4.69, 9.17) is 5.11 Å². The Morgan fingerprint density at radius 2 is 2.08 bits per heavy atom. The SMILES string of the molecule is CC(F)(c1cccc(O)c1)[SH](=O)=O. The lowest BCUT2D eigenvalue weighted by Crippen LogP contribution is -2.16. The van der Waals surface area contributed by atoms with Gasteiger partial charge in [-0.3, -0.25) is 0 Å². The van der Waals surface area contributed by atoms with Gasteiger partial charge in [-0.1, -0.05) is 12.1 Å². The molecule has 0 aliphatic heterocycles. The van der Waals surface area contributed by atoms with Gasteiger partial charge in [0, 0.05) is 5.56 Å². The fourth-order valence-electron chi connectivity index (χ4n) is 0.895. The molecule has 1 unspecified atom stereocenters. The standard InChI is InChI=1S/C8H9FO3S/c1-8(9,13(11)12)6-3-2-4-7(10)5-6/h2-5,10,13H,1H3. The van der Waals surface area contributed by atoms with Gasteiger partial charge in [0.05, 0.1) is 0 Å². The molecule has 0 heterocycles. The van der Waals surface area contributed by atoms with Crippen molar-refractivity contribution in [1.82, 2.24) is 0 Å². The first-order valence-electron chi connectivity index (χ1n) is 3.57. The third-order valence-corrected chi connectivity index (χ3v) is 2.66. The van der Waals surface area contributed by atoms with E-state index < -0.39 is 15.7 Å². The van der Waals surface area contributed by atoms with Crippen molar-refractivity contribution >= 4 is 10.7 Å². The predicted molar refractivity (Wildman–Crippen MR) is 46.9 cm³/mol. The number of rotatable bonds is 2. The van der Waals surface area contributed by atoms with Crippen LogP contribution in [0.25, 0.3) is 0 Å². The van der Waals surface area contributed by atoms with E-state index >= 15 is 0 Å². The van der Waals surface area contributed by atoms with Gasteiger partial charge in [-0.25, -0.2) is 12.8 Å². The molecule has 1 rings (SSSR count). The van der Waals surface area contributed by atoms with Crippen LogP contribution in [0.1, 0.15) is 12.5 Å². The first-order chi connectivity index (χ1) is 5.94. The monoisotopic (exact) mass is 204 g/mol. The van der Waals surface area contributed by atoms with Crippen molar-refractivity contribution in [2.45, 2.75) is 11.9 Å². The third kappa shape index (κ3) is 1.98. The molecular formula is C8H9FO3S. The average Bonchev–Trinajstić information content (AvgIpc) is 2.04. The van der Waals surface area contributed by atoms with Crippen LogP contribution in [-0.4, -0.2) is 13.5 Å². The number of benzene rings is 1. The maximum Gasteiger partial charge on any atom is 0.230 e. The highest BCUT2D eigenvalue weighted by atomic mass is 32.2. The minimum absolute atomic E-state index is 0.0661. The Kier molecular flexibility index (Phi) is 2.56. The number of phenolic OH excluding ortho intramolecular Hbond substituents is 1. The number of hydrogen-bond donors (Lipinski definition) is 2. The van der Waals surface area contributed by atoms with Gasteiger partial charge in [0.15, 0.2) is 10.7 Å². The Morgan fingerprint density at radius 3 is 2.54 bits per heavy atom. The summed E-state index contributed by atoms with van der Waals surface area (Å²) in [6, 6.07) is 5.13. The van der Waals surface area contributed by atoms with Crippen LogP contribution in [0.3, 0.4) is 0 Å². The lowest BCUT2D eigenvalue weighted by Gasteiger charge is -2.12. The Morgan fingerprint density at radius 1 is 1.46 bits per heavy atom. The molecule has 0 spiro atoms. The van der Waals surface area contributed by atoms with Crippen LogP contribution in [0, 0.1) is 0 Å². The average molecular weight is 204 g/mol. The largest absolute Gasteiger partial charge is 0.508 e. The summed E-state index contributed by atoms with van der Waals surface area (Å²) < 4.78 is 34.4. The molecule has 0 amide bonds. The molecule has 1 N–H and O–H groups in total. The second-order valence-corrected chi connectivity index (χ2v) is 4.11. The Hall–Kier alpha value is -1.10. The van der Waals surface area contributed by atoms with Crippen LogP contribution >= 0.6 is 0 Å². The van der Waals surface area contributed by atoms with Crippen LogP contribution in [-0.2, 0) is 15.7 Å². The maximum absolute atomic E-state index is 13.4. The summed E-state index contributed by atoms with van der Waals surface area (Å²) in [4.78, 5) is 0. The van der Waals surface area contributed by atoms with Crippen molar-refractivity contribution in [3.8, 4) is 5.75 Å². The number of aromatic hydroxyl groups is 1. The normalized spacial score (nSPS) is 15.6. The van der Waals surface area contributed by atoms with Crippen molar-refractivity contribution in [1.29, 1.82) is 0 Å². The zero-order chi connectivity index (χ0) is 10.1. The van der Waals surface area contributed by atoms with E-state index in [1.165, 1.54) is 18.2 Å². The predicted octanol–water partition coefficient (Wildman–Crippen LogP) is 1.15. The van der Waals surface area contributed by atoms with Gasteiger partial charge in [-0.15, -0.1) is 0 Å². The van der Waals surface area contributed by atoms with Gasteiger partial charge in [-0.05, 0) is 19.1 Å². The minimum Gasteiger partial charge on any atom is -0.508 e. The minimum atomic E-state index is -3.21. The summed E-state index contributed by atoms with van der Waals surface area (Å²) in [7, 11) is -3.21. The molecule has 0 aliphatic rings. The van der Waals surface area contributed by atoms with Crippen LogP contribution in [0.2, 0.25) is 0 Å². The molecule has 0 saturated heterocycles. The second kappa shape index (κ2) is 3.33. The smallest absolute Gasteiger partial charge is 0.230 e. The summed E-state index contributed by atoms with van der Waals surface area (Å²) in [6.45, 7) is 0.938. The third-order valence-electron chi connectivity index (χ3n) is 1.72.